The third-order valence-corrected chi connectivity index (χ3v) is 10.3. The maximum absolute atomic E-state index is 6.65. The Balaban J connectivity index is 1.07. The van der Waals surface area contributed by atoms with E-state index in [1.165, 1.54) is 5.39 Å². The van der Waals surface area contributed by atoms with Crippen molar-refractivity contribution >= 4 is 71.7 Å². The normalized spacial score (nSPS) is 11.6. The number of anilines is 3. The van der Waals surface area contributed by atoms with Crippen LogP contribution in [0.3, 0.4) is 0 Å². The molecule has 258 valence electrons. The fourth-order valence-electron chi connectivity index (χ4n) is 7.68. The van der Waals surface area contributed by atoms with Crippen molar-refractivity contribution in [3.8, 4) is 34.2 Å². The molecule has 0 aliphatic rings. The number of aromatic nitrogens is 3. The van der Waals surface area contributed by atoms with Crippen LogP contribution in [0.4, 0.5) is 17.1 Å². The average molecular weight is 707 g/mol. The highest BCUT2D eigenvalue weighted by Crippen LogP contribution is 2.43. The second kappa shape index (κ2) is 12.5. The zero-order chi connectivity index (χ0) is 36.3. The zero-order valence-corrected chi connectivity index (χ0v) is 29.4. The van der Waals surface area contributed by atoms with Crippen LogP contribution in [0.25, 0.3) is 88.8 Å². The third kappa shape index (κ3) is 5.31. The minimum Gasteiger partial charge on any atom is -0.456 e. The summed E-state index contributed by atoms with van der Waals surface area (Å²) in [7, 11) is 0. The summed E-state index contributed by atoms with van der Waals surface area (Å²) >= 11 is 0. The van der Waals surface area contributed by atoms with Crippen molar-refractivity contribution in [3.63, 3.8) is 0 Å². The van der Waals surface area contributed by atoms with Crippen molar-refractivity contribution in [1.82, 2.24) is 15.0 Å². The molecule has 0 amide bonds. The van der Waals surface area contributed by atoms with Gasteiger partial charge < -0.3 is 13.7 Å². The molecule has 0 spiro atoms. The molecular weight excluding hydrogens is 677 g/mol. The molecule has 11 aromatic rings. The van der Waals surface area contributed by atoms with Crippen LogP contribution in [-0.4, -0.2) is 15.0 Å². The van der Waals surface area contributed by atoms with Gasteiger partial charge in [0, 0.05) is 61.4 Å². The number of nitrogens with zero attached hydrogens (tertiary/aromatic N) is 4. The number of benzene rings is 8. The number of hydrogen-bond acceptors (Lipinski definition) is 6. The standard InChI is InChI=1S/C49H30N4O2/c1-4-13-31(14-5-1)47-50-48(32-15-6-2-7-16-32)52-49(51-47)39-21-12-22-43-46(39)38-25-23-37(30-45(38)55-43)53(35-19-8-3-9-20-35)36-24-26-42-41(29-36)40-27-33-17-10-11-18-34(33)28-44(40)54-42/h1-30H. The lowest BCUT2D eigenvalue weighted by molar-refractivity contribution is 0.668. The Kier molecular flexibility index (Phi) is 7.07. The topological polar surface area (TPSA) is 68.2 Å². The summed E-state index contributed by atoms with van der Waals surface area (Å²) in [6.45, 7) is 0. The van der Waals surface area contributed by atoms with E-state index in [0.29, 0.717) is 17.5 Å². The molecular formula is C49H30N4O2. The first-order valence-electron chi connectivity index (χ1n) is 18.3. The van der Waals surface area contributed by atoms with E-state index in [9.17, 15) is 0 Å². The predicted molar refractivity (Wildman–Crippen MR) is 223 cm³/mol. The van der Waals surface area contributed by atoms with Gasteiger partial charge in [-0.25, -0.2) is 15.0 Å². The van der Waals surface area contributed by atoms with Crippen molar-refractivity contribution < 1.29 is 8.83 Å². The van der Waals surface area contributed by atoms with Crippen molar-refractivity contribution in [2.24, 2.45) is 0 Å². The van der Waals surface area contributed by atoms with Crippen LogP contribution in [0.2, 0.25) is 0 Å². The molecule has 0 fully saturated rings. The van der Waals surface area contributed by atoms with Crippen LogP contribution in [-0.2, 0) is 0 Å². The molecule has 6 nitrogen and oxygen atoms in total. The molecule has 6 heteroatoms. The van der Waals surface area contributed by atoms with Crippen LogP contribution in [0.15, 0.2) is 191 Å². The van der Waals surface area contributed by atoms with Gasteiger partial charge in [0.1, 0.15) is 22.3 Å². The summed E-state index contributed by atoms with van der Waals surface area (Å²) in [5, 5.41) is 6.43. The minimum absolute atomic E-state index is 0.587. The van der Waals surface area contributed by atoms with E-state index < -0.39 is 0 Å². The van der Waals surface area contributed by atoms with Crippen LogP contribution < -0.4 is 4.90 Å². The van der Waals surface area contributed by atoms with Gasteiger partial charge in [0.15, 0.2) is 17.5 Å². The first kappa shape index (κ1) is 31.0. The Labute approximate surface area is 315 Å². The van der Waals surface area contributed by atoms with Gasteiger partial charge in [-0.3, -0.25) is 0 Å². The van der Waals surface area contributed by atoms with E-state index in [4.69, 9.17) is 23.8 Å². The third-order valence-electron chi connectivity index (χ3n) is 10.3. The van der Waals surface area contributed by atoms with Gasteiger partial charge in [0.25, 0.3) is 0 Å². The molecule has 11 rings (SSSR count). The summed E-state index contributed by atoms with van der Waals surface area (Å²) in [6, 6.07) is 62.2. The highest BCUT2D eigenvalue weighted by Gasteiger charge is 2.21. The van der Waals surface area contributed by atoms with E-state index in [2.05, 4.69) is 108 Å². The molecule has 3 heterocycles. The number of rotatable bonds is 6. The molecule has 0 aliphatic carbocycles. The monoisotopic (exact) mass is 706 g/mol. The molecule has 8 aromatic carbocycles. The Morgan fingerprint density at radius 3 is 1.64 bits per heavy atom. The highest BCUT2D eigenvalue weighted by atomic mass is 16.3. The first-order valence-corrected chi connectivity index (χ1v) is 18.3. The highest BCUT2D eigenvalue weighted by molar-refractivity contribution is 6.13. The van der Waals surface area contributed by atoms with Gasteiger partial charge in [-0.1, -0.05) is 115 Å². The lowest BCUT2D eigenvalue weighted by atomic mass is 10.0. The molecule has 0 saturated carbocycles. The summed E-state index contributed by atoms with van der Waals surface area (Å²) in [6.07, 6.45) is 0. The second-order valence-electron chi connectivity index (χ2n) is 13.6. The Bertz CT molecular complexity index is 3150. The molecule has 0 aliphatic heterocycles. The van der Waals surface area contributed by atoms with Gasteiger partial charge >= 0.3 is 0 Å². The van der Waals surface area contributed by atoms with E-state index in [0.717, 1.165) is 83.0 Å². The van der Waals surface area contributed by atoms with Crippen LogP contribution >= 0.6 is 0 Å². The maximum atomic E-state index is 6.65. The molecule has 0 unspecified atom stereocenters. The van der Waals surface area contributed by atoms with Gasteiger partial charge in [0.05, 0.1) is 0 Å². The van der Waals surface area contributed by atoms with E-state index in [1.54, 1.807) is 0 Å². The summed E-state index contributed by atoms with van der Waals surface area (Å²) in [5.74, 6) is 1.82. The number of para-hydroxylation sites is 1. The SMILES string of the molecule is c1ccc(-c2nc(-c3ccccc3)nc(-c3cccc4oc5cc(N(c6ccccc6)c6ccc7oc8cc9ccccc9cc8c7c6)ccc5c34)n2)cc1. The summed E-state index contributed by atoms with van der Waals surface area (Å²) in [4.78, 5) is 17.2. The predicted octanol–water partition coefficient (Wildman–Crippen LogP) is 13.3. The summed E-state index contributed by atoms with van der Waals surface area (Å²) in [5.41, 5.74) is 9.00. The van der Waals surface area contributed by atoms with E-state index >= 15 is 0 Å². The minimum atomic E-state index is 0.587. The fraction of sp³-hybridized carbons (Fsp3) is 0. The molecule has 0 bridgehead atoms. The molecule has 55 heavy (non-hydrogen) atoms. The number of fused-ring (bicyclic) bond motifs is 7. The average Bonchev–Trinajstić information content (AvgIpc) is 3.81. The van der Waals surface area contributed by atoms with Crippen molar-refractivity contribution in [2.45, 2.75) is 0 Å². The second-order valence-corrected chi connectivity index (χ2v) is 13.6. The maximum Gasteiger partial charge on any atom is 0.164 e. The van der Waals surface area contributed by atoms with E-state index in [1.807, 2.05) is 78.9 Å². The summed E-state index contributed by atoms with van der Waals surface area (Å²) < 4.78 is 13.0. The van der Waals surface area contributed by atoms with E-state index in [-0.39, 0.29) is 0 Å². The lowest BCUT2D eigenvalue weighted by Crippen LogP contribution is -2.09. The van der Waals surface area contributed by atoms with Gasteiger partial charge in [0.2, 0.25) is 0 Å². The molecule has 0 atom stereocenters. The number of furan rings is 2. The van der Waals surface area contributed by atoms with Crippen molar-refractivity contribution in [1.29, 1.82) is 0 Å². The Morgan fingerprint density at radius 2 is 0.909 bits per heavy atom. The Hall–Kier alpha value is -7.57. The molecule has 0 radical (unpaired) electrons. The van der Waals surface area contributed by atoms with Gasteiger partial charge in [-0.15, -0.1) is 0 Å². The smallest absolute Gasteiger partial charge is 0.164 e. The Morgan fingerprint density at radius 1 is 0.345 bits per heavy atom. The quantitative estimate of drug-likeness (QED) is 0.171. The fourth-order valence-corrected chi connectivity index (χ4v) is 7.68. The van der Waals surface area contributed by atoms with Crippen molar-refractivity contribution in [3.05, 3.63) is 182 Å². The zero-order valence-electron chi connectivity index (χ0n) is 29.4. The first-order chi connectivity index (χ1) is 27.2. The van der Waals surface area contributed by atoms with Crippen LogP contribution in [0.1, 0.15) is 0 Å². The lowest BCUT2D eigenvalue weighted by Gasteiger charge is -2.25. The molecule has 0 saturated heterocycles. The van der Waals surface area contributed by atoms with Gasteiger partial charge in [-0.2, -0.15) is 0 Å². The number of hydrogen-bond donors (Lipinski definition) is 0. The van der Waals surface area contributed by atoms with Crippen LogP contribution in [0, 0.1) is 0 Å². The van der Waals surface area contributed by atoms with Crippen molar-refractivity contribution in [2.75, 3.05) is 4.90 Å². The molecule has 3 aromatic heterocycles. The van der Waals surface area contributed by atoms with Gasteiger partial charge in [-0.05, 0) is 71.4 Å². The largest absolute Gasteiger partial charge is 0.456 e. The molecule has 0 N–H and O–H groups in total. The van der Waals surface area contributed by atoms with Crippen LogP contribution in [0.5, 0.6) is 0 Å².